The summed E-state index contributed by atoms with van der Waals surface area (Å²) in [5.41, 5.74) is 9.05. The maximum atomic E-state index is 5.95. The topological polar surface area (TPSA) is 82.8 Å². The summed E-state index contributed by atoms with van der Waals surface area (Å²) >= 11 is 0. The maximum Gasteiger partial charge on any atom is 0.228 e. The number of rotatable bonds is 3. The van der Waals surface area contributed by atoms with Crippen LogP contribution in [-0.2, 0) is 13.0 Å². The fourth-order valence-corrected chi connectivity index (χ4v) is 2.05. The molecule has 0 unspecified atom stereocenters. The first-order chi connectivity index (χ1) is 8.75. The van der Waals surface area contributed by atoms with Gasteiger partial charge < -0.3 is 14.8 Å². The van der Waals surface area contributed by atoms with Gasteiger partial charge in [0.05, 0.1) is 11.0 Å². The Hall–Kier alpha value is -2.37. The molecule has 0 amide bonds. The van der Waals surface area contributed by atoms with Gasteiger partial charge in [0, 0.05) is 13.0 Å². The van der Waals surface area contributed by atoms with Crippen molar-refractivity contribution in [3.8, 4) is 0 Å². The summed E-state index contributed by atoms with van der Waals surface area (Å²) in [4.78, 5) is 8.38. The number of hydrogen-bond acceptors (Lipinski definition) is 5. The van der Waals surface area contributed by atoms with Crippen LogP contribution >= 0.6 is 0 Å². The summed E-state index contributed by atoms with van der Waals surface area (Å²) in [5.74, 6) is 1.11. The first-order valence-electron chi connectivity index (χ1n) is 5.72. The summed E-state index contributed by atoms with van der Waals surface area (Å²) in [6.45, 7) is 2.70. The lowest BCUT2D eigenvalue weighted by Crippen LogP contribution is -2.05. The molecule has 0 bridgehead atoms. The number of imidazole rings is 1. The van der Waals surface area contributed by atoms with E-state index in [-0.39, 0.29) is 0 Å². The lowest BCUT2D eigenvalue weighted by atomic mass is 10.2. The van der Waals surface area contributed by atoms with Crippen LogP contribution in [0.5, 0.6) is 0 Å². The lowest BCUT2D eigenvalue weighted by Gasteiger charge is -2.04. The van der Waals surface area contributed by atoms with E-state index in [2.05, 4.69) is 15.1 Å². The first-order valence-corrected chi connectivity index (χ1v) is 5.72. The summed E-state index contributed by atoms with van der Waals surface area (Å²) < 4.78 is 6.94. The van der Waals surface area contributed by atoms with Crippen LogP contribution in [-0.4, -0.2) is 19.7 Å². The van der Waals surface area contributed by atoms with Crippen molar-refractivity contribution >= 4 is 17.0 Å². The van der Waals surface area contributed by atoms with Gasteiger partial charge in [-0.3, -0.25) is 0 Å². The quantitative estimate of drug-likeness (QED) is 0.754. The molecule has 1 aromatic carbocycles. The van der Waals surface area contributed by atoms with Crippen molar-refractivity contribution in [2.45, 2.75) is 19.9 Å². The molecule has 0 spiro atoms. The number of hydrogen-bond donors (Lipinski definition) is 1. The van der Waals surface area contributed by atoms with Crippen molar-refractivity contribution in [3.05, 3.63) is 36.0 Å². The third kappa shape index (κ3) is 1.71. The molecule has 6 heteroatoms. The number of anilines is 1. The molecule has 0 radical (unpaired) electrons. The number of nitrogens with zero attached hydrogens (tertiary/aromatic N) is 4. The zero-order valence-electron chi connectivity index (χ0n) is 10.00. The molecular formula is C12H13N5O. The summed E-state index contributed by atoms with van der Waals surface area (Å²) in [7, 11) is 0. The van der Waals surface area contributed by atoms with Crippen LogP contribution < -0.4 is 5.73 Å². The second-order valence-corrected chi connectivity index (χ2v) is 4.15. The van der Waals surface area contributed by atoms with Crippen molar-refractivity contribution in [1.82, 2.24) is 19.7 Å². The van der Waals surface area contributed by atoms with Gasteiger partial charge in [0.1, 0.15) is 0 Å². The Morgan fingerprint density at radius 3 is 3.06 bits per heavy atom. The van der Waals surface area contributed by atoms with E-state index >= 15 is 0 Å². The van der Waals surface area contributed by atoms with Crippen molar-refractivity contribution in [2.75, 3.05) is 5.73 Å². The average molecular weight is 243 g/mol. The molecule has 2 N–H and O–H groups in total. The summed E-state index contributed by atoms with van der Waals surface area (Å²) in [5, 5.41) is 3.58. The molecule has 0 saturated carbocycles. The fraction of sp³-hybridized carbons (Fsp3) is 0.250. The van der Waals surface area contributed by atoms with Crippen molar-refractivity contribution in [3.63, 3.8) is 0 Å². The molecule has 0 saturated heterocycles. The van der Waals surface area contributed by atoms with Gasteiger partial charge in [-0.25, -0.2) is 4.98 Å². The van der Waals surface area contributed by atoms with Gasteiger partial charge in [0.15, 0.2) is 6.33 Å². The molecule has 2 aromatic heterocycles. The summed E-state index contributed by atoms with van der Waals surface area (Å²) in [6, 6.07) is 6.04. The highest BCUT2D eigenvalue weighted by Gasteiger charge is 2.10. The van der Waals surface area contributed by atoms with Gasteiger partial charge in [-0.2, -0.15) is 4.98 Å². The minimum Gasteiger partial charge on any atom is -0.369 e. The largest absolute Gasteiger partial charge is 0.369 e. The second kappa shape index (κ2) is 4.14. The van der Waals surface area contributed by atoms with E-state index in [0.29, 0.717) is 24.8 Å². The van der Waals surface area contributed by atoms with Gasteiger partial charge in [-0.1, -0.05) is 17.3 Å². The highest BCUT2D eigenvalue weighted by Crippen LogP contribution is 2.21. The number of fused-ring (bicyclic) bond motifs is 1. The summed E-state index contributed by atoms with van der Waals surface area (Å²) in [6.07, 6.45) is 2.04. The molecule has 0 atom stereocenters. The zero-order chi connectivity index (χ0) is 12.5. The lowest BCUT2D eigenvalue weighted by molar-refractivity contribution is 0.372. The molecule has 0 aliphatic carbocycles. The van der Waals surface area contributed by atoms with E-state index in [1.54, 1.807) is 0 Å². The van der Waals surface area contributed by atoms with Crippen LogP contribution in [0.1, 0.15) is 11.5 Å². The van der Waals surface area contributed by atoms with E-state index in [1.807, 2.05) is 29.7 Å². The molecule has 0 aliphatic rings. The molecular weight excluding hydrogens is 230 g/mol. The Bertz CT molecular complexity index is 671. The predicted molar refractivity (Wildman–Crippen MR) is 66.9 cm³/mol. The van der Waals surface area contributed by atoms with E-state index in [9.17, 15) is 0 Å². The molecule has 3 rings (SSSR count). The number of nitrogen functional groups attached to an aromatic ring is 1. The van der Waals surface area contributed by atoms with Crippen LogP contribution in [0.3, 0.4) is 0 Å². The minimum atomic E-state index is 0.513. The third-order valence-corrected chi connectivity index (χ3v) is 2.97. The molecule has 92 valence electrons. The number of nitrogens with two attached hydrogens (primary N) is 1. The van der Waals surface area contributed by atoms with Crippen LogP contribution in [0.25, 0.3) is 11.0 Å². The standard InChI is InChI=1S/C12H13N5O/c1-8-3-2-4-9-11(8)16-12(13)17(9)6-5-10-14-7-15-18-10/h2-4,7H,5-6H2,1H3,(H2,13,16). The average Bonchev–Trinajstić information content (AvgIpc) is 2.95. The van der Waals surface area contributed by atoms with Gasteiger partial charge in [-0.05, 0) is 18.6 Å². The smallest absolute Gasteiger partial charge is 0.228 e. The van der Waals surface area contributed by atoms with Crippen molar-refractivity contribution < 1.29 is 4.52 Å². The predicted octanol–water partition coefficient (Wildman–Crippen LogP) is 1.55. The highest BCUT2D eigenvalue weighted by atomic mass is 16.5. The highest BCUT2D eigenvalue weighted by molar-refractivity contribution is 5.81. The second-order valence-electron chi connectivity index (χ2n) is 4.15. The minimum absolute atomic E-state index is 0.513. The Kier molecular flexibility index (Phi) is 2.47. The Morgan fingerprint density at radius 2 is 2.28 bits per heavy atom. The number of benzene rings is 1. The Labute approximate surface area is 103 Å². The maximum absolute atomic E-state index is 5.95. The van der Waals surface area contributed by atoms with Gasteiger partial charge in [0.25, 0.3) is 0 Å². The van der Waals surface area contributed by atoms with Gasteiger partial charge >= 0.3 is 0 Å². The van der Waals surface area contributed by atoms with E-state index < -0.39 is 0 Å². The first kappa shape index (κ1) is 10.8. The molecule has 6 nitrogen and oxygen atoms in total. The fourth-order valence-electron chi connectivity index (χ4n) is 2.05. The molecule has 0 fully saturated rings. The number of aromatic nitrogens is 4. The van der Waals surface area contributed by atoms with E-state index in [1.165, 1.54) is 6.33 Å². The number of aryl methyl sites for hydroxylation is 3. The zero-order valence-corrected chi connectivity index (χ0v) is 10.00. The molecule has 0 aliphatic heterocycles. The third-order valence-electron chi connectivity index (χ3n) is 2.97. The molecule has 18 heavy (non-hydrogen) atoms. The Morgan fingerprint density at radius 1 is 1.39 bits per heavy atom. The normalized spacial score (nSPS) is 11.2. The number of para-hydroxylation sites is 1. The Balaban J connectivity index is 1.96. The van der Waals surface area contributed by atoms with Crippen molar-refractivity contribution in [2.24, 2.45) is 0 Å². The molecule has 2 heterocycles. The van der Waals surface area contributed by atoms with Crippen LogP contribution in [0, 0.1) is 6.92 Å². The van der Waals surface area contributed by atoms with Crippen LogP contribution in [0.4, 0.5) is 5.95 Å². The monoisotopic (exact) mass is 243 g/mol. The SMILES string of the molecule is Cc1cccc2c1nc(N)n2CCc1ncno1. The van der Waals surface area contributed by atoms with Gasteiger partial charge in [0.2, 0.25) is 11.8 Å². The van der Waals surface area contributed by atoms with Crippen LogP contribution in [0.15, 0.2) is 29.0 Å². The molecule has 3 aromatic rings. The van der Waals surface area contributed by atoms with Crippen LogP contribution in [0.2, 0.25) is 0 Å². The van der Waals surface area contributed by atoms with Crippen molar-refractivity contribution in [1.29, 1.82) is 0 Å². The van der Waals surface area contributed by atoms with Gasteiger partial charge in [-0.15, -0.1) is 0 Å². The van der Waals surface area contributed by atoms with E-state index in [4.69, 9.17) is 10.3 Å². The van der Waals surface area contributed by atoms with E-state index in [0.717, 1.165) is 16.6 Å².